The maximum Gasteiger partial charge on any atom is 0.573 e. The number of ether oxygens (including phenoxy) is 1. The van der Waals surface area contributed by atoms with Gasteiger partial charge in [-0.3, -0.25) is 4.79 Å². The number of hydrogen-bond donors (Lipinski definition) is 2. The monoisotopic (exact) mass is 539 g/mol. The van der Waals surface area contributed by atoms with Gasteiger partial charge in [-0.25, -0.2) is 4.98 Å². The van der Waals surface area contributed by atoms with Gasteiger partial charge in [0, 0.05) is 19.6 Å². The van der Waals surface area contributed by atoms with Crippen LogP contribution in [0.2, 0.25) is 0 Å². The van der Waals surface area contributed by atoms with E-state index in [9.17, 15) is 36.2 Å². The summed E-state index contributed by atoms with van der Waals surface area (Å²) in [6.07, 6.45) is -7.97. The molecule has 1 aliphatic rings. The molecule has 1 saturated carbocycles. The van der Waals surface area contributed by atoms with Crippen LogP contribution in [0.3, 0.4) is 0 Å². The molecule has 3 rings (SSSR count). The number of amides is 1. The van der Waals surface area contributed by atoms with Crippen LogP contribution in [0.15, 0.2) is 24.3 Å². The number of hydrogen-bond acceptors (Lipinski definition) is 6. The maximum absolute atomic E-state index is 13.6. The fourth-order valence-corrected chi connectivity index (χ4v) is 4.67. The lowest BCUT2D eigenvalue weighted by Gasteiger charge is -2.23. The minimum atomic E-state index is -4.90. The van der Waals surface area contributed by atoms with Crippen LogP contribution >= 0.6 is 11.3 Å². The van der Waals surface area contributed by atoms with E-state index in [4.69, 9.17) is 0 Å². The second-order valence-electron chi connectivity index (χ2n) is 8.65. The second kappa shape index (κ2) is 11.8. The van der Waals surface area contributed by atoms with Gasteiger partial charge < -0.3 is 20.1 Å². The summed E-state index contributed by atoms with van der Waals surface area (Å²) in [6, 6.07) is 5.08. The van der Waals surface area contributed by atoms with Gasteiger partial charge in [-0.1, -0.05) is 19.1 Å². The van der Waals surface area contributed by atoms with E-state index in [0.717, 1.165) is 37.9 Å². The quantitative estimate of drug-likeness (QED) is 0.364. The molecule has 0 aliphatic heterocycles. The van der Waals surface area contributed by atoms with Crippen molar-refractivity contribution < 1.29 is 41.0 Å². The number of aliphatic hydroxyl groups is 1. The van der Waals surface area contributed by atoms with E-state index in [1.54, 1.807) is 0 Å². The van der Waals surface area contributed by atoms with E-state index in [-0.39, 0.29) is 24.5 Å². The molecule has 2 N–H and O–H groups in total. The average molecular weight is 540 g/mol. The molecule has 1 unspecified atom stereocenters. The van der Waals surface area contributed by atoms with Crippen LogP contribution in [0.1, 0.15) is 58.2 Å². The SMILES string of the molecule is CCCN(CC1CC1)CC(O)c1nc(C(F)(F)F)c(C(=O)NCCc2cccc(OC(F)(F)F)c2)s1. The smallest absolute Gasteiger partial charge is 0.406 e. The first kappa shape index (κ1) is 28.2. The molecule has 6 nitrogen and oxygen atoms in total. The zero-order chi connectivity index (χ0) is 26.5. The second-order valence-corrected chi connectivity index (χ2v) is 9.68. The van der Waals surface area contributed by atoms with Crippen molar-refractivity contribution in [2.24, 2.45) is 5.92 Å². The number of alkyl halides is 6. The lowest BCUT2D eigenvalue weighted by molar-refractivity contribution is -0.274. The summed E-state index contributed by atoms with van der Waals surface area (Å²) in [4.78, 5) is 17.4. The fourth-order valence-electron chi connectivity index (χ4n) is 3.69. The minimum Gasteiger partial charge on any atom is -0.406 e. The van der Waals surface area contributed by atoms with Crippen LogP contribution in [0.5, 0.6) is 5.75 Å². The van der Waals surface area contributed by atoms with Crippen LogP contribution in [0.25, 0.3) is 0 Å². The Morgan fingerprint density at radius 1 is 1.28 bits per heavy atom. The molecule has 2 aromatic rings. The van der Waals surface area contributed by atoms with Gasteiger partial charge in [-0.2, -0.15) is 13.2 Å². The molecule has 0 bridgehead atoms. The van der Waals surface area contributed by atoms with Gasteiger partial charge in [0.15, 0.2) is 5.69 Å². The lowest BCUT2D eigenvalue weighted by Crippen LogP contribution is -2.31. The number of nitrogens with one attached hydrogen (secondary N) is 1. The number of nitrogens with zero attached hydrogens (tertiary/aromatic N) is 2. The Morgan fingerprint density at radius 3 is 2.61 bits per heavy atom. The van der Waals surface area contributed by atoms with Gasteiger partial charge in [-0.15, -0.1) is 24.5 Å². The predicted octanol–water partition coefficient (Wildman–Crippen LogP) is 5.19. The number of carbonyl (C=O) groups excluding carboxylic acids is 1. The molecule has 0 saturated heterocycles. The van der Waals surface area contributed by atoms with Gasteiger partial charge in [0.2, 0.25) is 0 Å². The van der Waals surface area contributed by atoms with Crippen LogP contribution in [0, 0.1) is 5.92 Å². The van der Waals surface area contributed by atoms with Crippen molar-refractivity contribution in [2.75, 3.05) is 26.2 Å². The van der Waals surface area contributed by atoms with E-state index in [1.807, 2.05) is 11.8 Å². The van der Waals surface area contributed by atoms with E-state index in [0.29, 0.717) is 29.4 Å². The molecular formula is C23H27F6N3O3S. The van der Waals surface area contributed by atoms with Gasteiger partial charge in [0.1, 0.15) is 21.7 Å². The Kier molecular flexibility index (Phi) is 9.23. The summed E-state index contributed by atoms with van der Waals surface area (Å²) >= 11 is 0.487. The first-order valence-electron chi connectivity index (χ1n) is 11.5. The first-order valence-corrected chi connectivity index (χ1v) is 12.3. The summed E-state index contributed by atoms with van der Waals surface area (Å²) in [5.41, 5.74) is -0.982. The van der Waals surface area contributed by atoms with Crippen LogP contribution in [-0.2, 0) is 12.6 Å². The van der Waals surface area contributed by atoms with Crippen molar-refractivity contribution in [3.8, 4) is 5.75 Å². The summed E-state index contributed by atoms with van der Waals surface area (Å²) in [7, 11) is 0. The highest BCUT2D eigenvalue weighted by Crippen LogP contribution is 2.37. The highest BCUT2D eigenvalue weighted by Gasteiger charge is 2.40. The Morgan fingerprint density at radius 2 is 2.00 bits per heavy atom. The van der Waals surface area contributed by atoms with Crippen LogP contribution < -0.4 is 10.1 Å². The Bertz CT molecular complexity index is 1020. The van der Waals surface area contributed by atoms with Crippen molar-refractivity contribution >= 4 is 17.2 Å². The number of thiazole rings is 1. The third-order valence-electron chi connectivity index (χ3n) is 5.42. The molecule has 36 heavy (non-hydrogen) atoms. The standard InChI is InChI=1S/C23H27F6N3O3S/c1-2-10-32(12-15-6-7-15)13-17(33)21-31-19(22(24,25)26)18(36-21)20(34)30-9-8-14-4-3-5-16(11-14)35-23(27,28)29/h3-5,11,15,17,33H,2,6-10,12-13H2,1H3,(H,30,34). The molecule has 1 fully saturated rings. The Hall–Kier alpha value is -2.38. The van der Waals surface area contributed by atoms with Gasteiger partial charge in [0.25, 0.3) is 5.91 Å². The third kappa shape index (κ3) is 8.63. The van der Waals surface area contributed by atoms with E-state index in [1.165, 1.54) is 12.1 Å². The number of carbonyl (C=O) groups is 1. The van der Waals surface area contributed by atoms with Crippen molar-refractivity contribution in [3.05, 3.63) is 45.4 Å². The number of halogens is 6. The summed E-state index contributed by atoms with van der Waals surface area (Å²) in [5.74, 6) is -0.928. The molecule has 1 aromatic carbocycles. The van der Waals surface area contributed by atoms with E-state index in [2.05, 4.69) is 15.0 Å². The van der Waals surface area contributed by atoms with Crippen molar-refractivity contribution in [1.82, 2.24) is 15.2 Å². The number of benzene rings is 1. The number of aromatic nitrogens is 1. The zero-order valence-corrected chi connectivity index (χ0v) is 20.3. The predicted molar refractivity (Wildman–Crippen MR) is 121 cm³/mol. The average Bonchev–Trinajstić information content (AvgIpc) is 3.44. The zero-order valence-electron chi connectivity index (χ0n) is 19.5. The molecule has 1 atom stereocenters. The van der Waals surface area contributed by atoms with Crippen molar-refractivity contribution in [2.45, 2.75) is 51.2 Å². The maximum atomic E-state index is 13.6. The lowest BCUT2D eigenvalue weighted by atomic mass is 10.1. The molecule has 0 spiro atoms. The van der Waals surface area contributed by atoms with E-state index < -0.39 is 40.9 Å². The molecule has 200 valence electrons. The topological polar surface area (TPSA) is 74.7 Å². The third-order valence-corrected chi connectivity index (χ3v) is 6.57. The molecular weight excluding hydrogens is 512 g/mol. The Labute approximate surface area is 208 Å². The normalized spacial score (nSPS) is 15.2. The molecule has 13 heteroatoms. The summed E-state index contributed by atoms with van der Waals surface area (Å²) in [6.45, 7) is 3.40. The summed E-state index contributed by atoms with van der Waals surface area (Å²) in [5, 5.41) is 12.7. The summed E-state index contributed by atoms with van der Waals surface area (Å²) < 4.78 is 81.7. The van der Waals surface area contributed by atoms with Crippen molar-refractivity contribution in [1.29, 1.82) is 0 Å². The molecule has 1 aliphatic carbocycles. The van der Waals surface area contributed by atoms with Gasteiger partial charge in [0.05, 0.1) is 0 Å². The number of aliphatic hydroxyl groups excluding tert-OH is 1. The molecule has 1 amide bonds. The highest BCUT2D eigenvalue weighted by molar-refractivity contribution is 7.13. The number of rotatable bonds is 12. The van der Waals surface area contributed by atoms with Crippen molar-refractivity contribution in [3.63, 3.8) is 0 Å². The van der Waals surface area contributed by atoms with E-state index >= 15 is 0 Å². The van der Waals surface area contributed by atoms with Gasteiger partial charge >= 0.3 is 12.5 Å². The fraction of sp³-hybridized carbons (Fsp3) is 0.565. The molecule has 0 radical (unpaired) electrons. The minimum absolute atomic E-state index is 0.0591. The van der Waals surface area contributed by atoms with Crippen LogP contribution in [-0.4, -0.2) is 53.4 Å². The Balaban J connectivity index is 1.65. The first-order chi connectivity index (χ1) is 16.9. The largest absolute Gasteiger partial charge is 0.573 e. The molecule has 1 aromatic heterocycles. The van der Waals surface area contributed by atoms with Crippen LogP contribution in [0.4, 0.5) is 26.3 Å². The highest BCUT2D eigenvalue weighted by atomic mass is 32.1. The molecule has 1 heterocycles. The van der Waals surface area contributed by atoms with Gasteiger partial charge in [-0.05, 0) is 55.8 Å².